The van der Waals surface area contributed by atoms with Crippen molar-refractivity contribution in [3.63, 3.8) is 0 Å². The van der Waals surface area contributed by atoms with E-state index in [9.17, 15) is 22.4 Å². The first-order chi connectivity index (χ1) is 8.40. The number of rotatable bonds is 3. The van der Waals surface area contributed by atoms with Gasteiger partial charge >= 0.3 is 5.97 Å². The molecule has 6 heteroatoms. The van der Waals surface area contributed by atoms with Gasteiger partial charge in [-0.25, -0.2) is 13.2 Å². The lowest BCUT2D eigenvalue weighted by Crippen LogP contribution is -2.12. The van der Waals surface area contributed by atoms with Gasteiger partial charge in [-0.05, 0) is 6.92 Å². The largest absolute Gasteiger partial charge is 0.423 e. The molecule has 0 amide bonds. The van der Waals surface area contributed by atoms with E-state index in [-0.39, 0.29) is 12.8 Å². The summed E-state index contributed by atoms with van der Waals surface area (Å²) in [5.41, 5.74) is -0.625. The average molecular weight is 260 g/mol. The molecule has 0 aliphatic rings. The second-order valence-corrected chi connectivity index (χ2v) is 3.39. The molecule has 2 nitrogen and oxygen atoms in total. The van der Waals surface area contributed by atoms with Crippen molar-refractivity contribution in [2.75, 3.05) is 0 Å². The van der Waals surface area contributed by atoms with Gasteiger partial charge in [0.25, 0.3) is 0 Å². The molecule has 0 N–H and O–H groups in total. The highest BCUT2D eigenvalue weighted by molar-refractivity contribution is 5.73. The van der Waals surface area contributed by atoms with E-state index in [2.05, 4.69) is 10.7 Å². The molecular weight excluding hydrogens is 252 g/mol. The zero-order chi connectivity index (χ0) is 13.9. The fraction of sp³-hybridized carbons (Fsp3) is 0.250. The molecule has 1 aromatic carbocycles. The summed E-state index contributed by atoms with van der Waals surface area (Å²) in [6, 6.07) is 0. The molecule has 0 heterocycles. The van der Waals surface area contributed by atoms with Crippen molar-refractivity contribution in [3.05, 3.63) is 28.8 Å². The highest BCUT2D eigenvalue weighted by atomic mass is 19.2. The number of carbonyl (C=O) groups excluding carboxylic acids is 1. The normalized spacial score (nSPS) is 10.0. The van der Waals surface area contributed by atoms with Crippen molar-refractivity contribution in [1.29, 1.82) is 0 Å². The maximum atomic E-state index is 13.3. The monoisotopic (exact) mass is 260 g/mol. The van der Waals surface area contributed by atoms with Gasteiger partial charge in [-0.2, -0.15) is 4.39 Å². The summed E-state index contributed by atoms with van der Waals surface area (Å²) in [5.74, 6) is -7.11. The Morgan fingerprint density at radius 2 is 1.72 bits per heavy atom. The Kier molecular flexibility index (Phi) is 4.32. The summed E-state index contributed by atoms with van der Waals surface area (Å²) < 4.78 is 56.6. The van der Waals surface area contributed by atoms with E-state index >= 15 is 0 Å². The lowest BCUT2D eigenvalue weighted by molar-refractivity contribution is -0.134. The van der Waals surface area contributed by atoms with Gasteiger partial charge < -0.3 is 4.74 Å². The van der Waals surface area contributed by atoms with E-state index in [0.29, 0.717) is 0 Å². The van der Waals surface area contributed by atoms with Gasteiger partial charge in [-0.1, -0.05) is 0 Å². The van der Waals surface area contributed by atoms with E-state index in [0.717, 1.165) is 6.92 Å². The third kappa shape index (κ3) is 2.62. The first kappa shape index (κ1) is 14.0. The van der Waals surface area contributed by atoms with Crippen molar-refractivity contribution in [2.24, 2.45) is 0 Å². The maximum Gasteiger partial charge on any atom is 0.312 e. The minimum atomic E-state index is -2.03. The highest BCUT2D eigenvalue weighted by Crippen LogP contribution is 2.30. The molecule has 0 unspecified atom stereocenters. The van der Waals surface area contributed by atoms with Crippen molar-refractivity contribution >= 4 is 5.97 Å². The van der Waals surface area contributed by atoms with Gasteiger partial charge in [-0.3, -0.25) is 4.79 Å². The van der Waals surface area contributed by atoms with Crippen LogP contribution in [-0.2, 0) is 4.79 Å². The first-order valence-electron chi connectivity index (χ1n) is 4.86. The fourth-order valence-electron chi connectivity index (χ4n) is 1.18. The van der Waals surface area contributed by atoms with Crippen LogP contribution in [-0.4, -0.2) is 5.97 Å². The maximum absolute atomic E-state index is 13.3. The molecule has 1 rings (SSSR count). The molecule has 1 aromatic rings. The van der Waals surface area contributed by atoms with Crippen LogP contribution in [0.2, 0.25) is 0 Å². The molecule has 0 atom stereocenters. The van der Waals surface area contributed by atoms with Crippen LogP contribution in [0.25, 0.3) is 0 Å². The van der Waals surface area contributed by atoms with Crippen LogP contribution in [0.15, 0.2) is 0 Å². The van der Waals surface area contributed by atoms with E-state index < -0.39 is 40.6 Å². The number of esters is 1. The zero-order valence-corrected chi connectivity index (χ0v) is 9.32. The van der Waals surface area contributed by atoms with Crippen LogP contribution >= 0.6 is 0 Å². The molecule has 0 aromatic heterocycles. The van der Waals surface area contributed by atoms with Crippen molar-refractivity contribution in [1.82, 2.24) is 0 Å². The van der Waals surface area contributed by atoms with Crippen LogP contribution in [0.1, 0.15) is 18.4 Å². The molecule has 96 valence electrons. The van der Waals surface area contributed by atoms with Crippen molar-refractivity contribution in [2.45, 2.75) is 19.8 Å². The van der Waals surface area contributed by atoms with E-state index in [1.165, 1.54) is 0 Å². The fourth-order valence-corrected chi connectivity index (χ4v) is 1.18. The number of hydrogen-bond donors (Lipinski definition) is 0. The van der Waals surface area contributed by atoms with E-state index in [4.69, 9.17) is 6.42 Å². The number of carbonyl (C=O) groups is 1. The molecule has 0 aliphatic carbocycles. The topological polar surface area (TPSA) is 26.3 Å². The Balaban J connectivity index is 3.11. The third-order valence-corrected chi connectivity index (χ3v) is 2.14. The highest BCUT2D eigenvalue weighted by Gasteiger charge is 2.25. The number of halogens is 4. The summed E-state index contributed by atoms with van der Waals surface area (Å²) >= 11 is 0. The van der Waals surface area contributed by atoms with Gasteiger partial charge in [0.1, 0.15) is 0 Å². The van der Waals surface area contributed by atoms with Gasteiger partial charge in [0.15, 0.2) is 17.4 Å². The molecular formula is C12H8F4O2. The lowest BCUT2D eigenvalue weighted by atomic mass is 10.2. The third-order valence-electron chi connectivity index (χ3n) is 2.14. The van der Waals surface area contributed by atoms with E-state index in [1.54, 1.807) is 0 Å². The second kappa shape index (κ2) is 5.54. The predicted octanol–water partition coefficient (Wildman–Crippen LogP) is 2.87. The number of terminal acetylenes is 1. The SMILES string of the molecule is C#CCCC(=O)Oc1c(C)c(F)c(F)c(F)c1F. The first-order valence-corrected chi connectivity index (χ1v) is 4.86. The number of hydrogen-bond acceptors (Lipinski definition) is 2. The summed E-state index contributed by atoms with van der Waals surface area (Å²) in [7, 11) is 0. The van der Waals surface area contributed by atoms with Gasteiger partial charge in [0.05, 0.1) is 6.42 Å². The second-order valence-electron chi connectivity index (χ2n) is 3.39. The summed E-state index contributed by atoms with van der Waals surface area (Å²) in [5, 5.41) is 0. The minimum absolute atomic E-state index is 0.0334. The van der Waals surface area contributed by atoms with Crippen LogP contribution < -0.4 is 4.74 Å². The quantitative estimate of drug-likeness (QED) is 0.208. The molecule has 0 radical (unpaired) electrons. The Hall–Kier alpha value is -2.03. The van der Waals surface area contributed by atoms with Crippen molar-refractivity contribution < 1.29 is 27.1 Å². The van der Waals surface area contributed by atoms with E-state index in [1.807, 2.05) is 0 Å². The van der Waals surface area contributed by atoms with Crippen LogP contribution in [0.4, 0.5) is 17.6 Å². The summed E-state index contributed by atoms with van der Waals surface area (Å²) in [6.45, 7) is 0.963. The Morgan fingerprint density at radius 1 is 1.17 bits per heavy atom. The van der Waals surface area contributed by atoms with Crippen LogP contribution in [0, 0.1) is 42.5 Å². The summed E-state index contributed by atoms with van der Waals surface area (Å²) in [4.78, 5) is 11.2. The van der Waals surface area contributed by atoms with Gasteiger partial charge in [0, 0.05) is 12.0 Å². The standard InChI is InChI=1S/C12H8F4O2/c1-3-4-5-7(17)18-12-6(2)8(13)9(14)10(15)11(12)16/h1H,4-5H2,2H3. The average Bonchev–Trinajstić information content (AvgIpc) is 2.36. The summed E-state index contributed by atoms with van der Waals surface area (Å²) in [6.07, 6.45) is 4.69. The molecule has 0 fully saturated rings. The number of benzene rings is 1. The Bertz CT molecular complexity index is 503. The lowest BCUT2D eigenvalue weighted by Gasteiger charge is -2.10. The van der Waals surface area contributed by atoms with Gasteiger partial charge in [-0.15, -0.1) is 12.3 Å². The number of ether oxygens (including phenoxy) is 1. The smallest absolute Gasteiger partial charge is 0.312 e. The zero-order valence-electron chi connectivity index (χ0n) is 9.32. The molecule has 0 aliphatic heterocycles. The van der Waals surface area contributed by atoms with Crippen LogP contribution in [0.5, 0.6) is 5.75 Å². The molecule has 0 saturated carbocycles. The molecule has 0 bridgehead atoms. The minimum Gasteiger partial charge on any atom is -0.423 e. The van der Waals surface area contributed by atoms with Gasteiger partial charge in [0.2, 0.25) is 11.6 Å². The Labute approximate surface area is 101 Å². The Morgan fingerprint density at radius 3 is 2.28 bits per heavy atom. The molecule has 0 saturated heterocycles. The van der Waals surface area contributed by atoms with Crippen LogP contribution in [0.3, 0.4) is 0 Å². The molecule has 0 spiro atoms. The predicted molar refractivity (Wildman–Crippen MR) is 54.7 cm³/mol. The molecule has 18 heavy (non-hydrogen) atoms. The van der Waals surface area contributed by atoms with Crippen molar-refractivity contribution in [3.8, 4) is 18.1 Å².